The quantitative estimate of drug-likeness (QED) is 0.298. The number of methoxy groups -OCH3 is 1. The molecule has 0 radical (unpaired) electrons. The molecule has 12 heteroatoms. The van der Waals surface area contributed by atoms with E-state index in [1.165, 1.54) is 35.5 Å². The maximum Gasteiger partial charge on any atom is 0.325 e. The number of ether oxygens (including phenoxy) is 2. The number of anilines is 1. The number of thiophene rings is 1. The lowest BCUT2D eigenvalue weighted by atomic mass is 10.0. The number of halogens is 1. The number of rotatable bonds is 11. The van der Waals surface area contributed by atoms with E-state index < -0.39 is 27.9 Å². The Morgan fingerprint density at radius 1 is 1.18 bits per heavy atom. The molecule has 1 aliphatic rings. The summed E-state index contributed by atoms with van der Waals surface area (Å²) >= 11 is 7.83. The first-order chi connectivity index (χ1) is 19.1. The highest BCUT2D eigenvalue weighted by Gasteiger charge is 2.35. The molecule has 2 heterocycles. The number of hydrogen-bond donors (Lipinski definition) is 2. The van der Waals surface area contributed by atoms with E-state index in [-0.39, 0.29) is 40.9 Å². The number of para-hydroxylation sites is 1. The highest BCUT2D eigenvalue weighted by molar-refractivity contribution is 7.89. The molecule has 0 bridgehead atoms. The molecule has 1 aromatic heterocycles. The summed E-state index contributed by atoms with van der Waals surface area (Å²) in [5.74, 6) is -0.993. The molecule has 9 nitrogen and oxygen atoms in total. The minimum atomic E-state index is -4.37. The second-order valence-electron chi connectivity index (χ2n) is 8.73. The van der Waals surface area contributed by atoms with Gasteiger partial charge in [-0.15, -0.1) is 11.3 Å². The molecule has 0 saturated heterocycles. The number of nitrogens with one attached hydrogen (secondary N) is 2. The van der Waals surface area contributed by atoms with Gasteiger partial charge in [-0.05, 0) is 48.2 Å². The van der Waals surface area contributed by atoms with E-state index in [4.69, 9.17) is 21.1 Å². The van der Waals surface area contributed by atoms with Crippen molar-refractivity contribution in [3.05, 3.63) is 93.3 Å². The van der Waals surface area contributed by atoms with Gasteiger partial charge in [-0.2, -0.15) is 4.72 Å². The average Bonchev–Trinajstić information content (AvgIpc) is 3.44. The molecule has 2 N–H and O–H groups in total. The van der Waals surface area contributed by atoms with E-state index in [0.717, 1.165) is 4.88 Å². The highest BCUT2D eigenvalue weighted by Crippen LogP contribution is 2.34. The molecule has 0 saturated carbocycles. The molecule has 0 fully saturated rings. The number of fused-ring (bicyclic) bond motifs is 1. The number of esters is 1. The zero-order chi connectivity index (χ0) is 28.9. The number of carbonyl (C=O) groups excluding carboxylic acids is 2. The highest BCUT2D eigenvalue weighted by atomic mass is 35.5. The van der Waals surface area contributed by atoms with Crippen LogP contribution in [0.3, 0.4) is 0 Å². The molecule has 2 aromatic carbocycles. The molecule has 210 valence electrons. The summed E-state index contributed by atoms with van der Waals surface area (Å²) in [6.07, 6.45) is 3.42. The molecule has 3 aromatic rings. The first-order valence-corrected chi connectivity index (χ1v) is 15.0. The van der Waals surface area contributed by atoms with Gasteiger partial charge >= 0.3 is 5.97 Å². The summed E-state index contributed by atoms with van der Waals surface area (Å²) in [4.78, 5) is 28.4. The minimum absolute atomic E-state index is 0.0463. The molecule has 0 spiro atoms. The summed E-state index contributed by atoms with van der Waals surface area (Å²) in [5, 5.41) is 4.84. The number of sulfonamides is 1. The van der Waals surface area contributed by atoms with Crippen molar-refractivity contribution in [3.8, 4) is 5.75 Å². The zero-order valence-corrected chi connectivity index (χ0v) is 24.2. The van der Waals surface area contributed by atoms with Gasteiger partial charge in [0.15, 0.2) is 0 Å². The van der Waals surface area contributed by atoms with E-state index in [1.807, 2.05) is 17.5 Å². The van der Waals surface area contributed by atoms with Crippen LogP contribution in [0.1, 0.15) is 29.0 Å². The SMILES string of the molecule is C=C1C=Cc2cc(S(=O)(=O)N[C@@H](C(=O)N(CC(=O)OCC)Cc3cccs3)c3ccccc3OC)c(Cl)cc2N1. The summed E-state index contributed by atoms with van der Waals surface area (Å²) in [7, 11) is -2.95. The van der Waals surface area contributed by atoms with Gasteiger partial charge in [0.2, 0.25) is 15.9 Å². The number of amides is 1. The van der Waals surface area contributed by atoms with Crippen LogP contribution in [-0.4, -0.2) is 45.5 Å². The second kappa shape index (κ2) is 12.7. The summed E-state index contributed by atoms with van der Waals surface area (Å²) < 4.78 is 40.7. The third kappa shape index (κ3) is 6.73. The van der Waals surface area contributed by atoms with Crippen molar-refractivity contribution in [2.75, 3.05) is 25.6 Å². The second-order valence-corrected chi connectivity index (χ2v) is 11.9. The fraction of sp³-hybridized carbons (Fsp3) is 0.214. The largest absolute Gasteiger partial charge is 0.496 e. The van der Waals surface area contributed by atoms with Crippen molar-refractivity contribution in [1.82, 2.24) is 9.62 Å². The van der Waals surface area contributed by atoms with Crippen LogP contribution in [0.2, 0.25) is 5.02 Å². The topological polar surface area (TPSA) is 114 Å². The minimum Gasteiger partial charge on any atom is -0.496 e. The number of carbonyl (C=O) groups is 2. The standard InChI is InChI=1S/C28H28ClN3O6S2/c1-4-38-26(33)17-32(16-20-8-7-13-39-20)28(34)27(21-9-5-6-10-24(21)37-3)31-40(35,36)25-14-19-12-11-18(2)30-23(19)15-22(25)29/h5-15,27,30-31H,2,4,16-17H2,1,3H3/t27-/m1/s1. The van der Waals surface area contributed by atoms with Crippen LogP contribution in [0.4, 0.5) is 5.69 Å². The van der Waals surface area contributed by atoms with E-state index in [9.17, 15) is 18.0 Å². The molecule has 1 amide bonds. The van der Waals surface area contributed by atoms with Gasteiger partial charge in [0, 0.05) is 21.8 Å². The fourth-order valence-corrected chi connectivity index (χ4v) is 6.59. The van der Waals surface area contributed by atoms with E-state index >= 15 is 0 Å². The van der Waals surface area contributed by atoms with Crippen molar-refractivity contribution in [1.29, 1.82) is 0 Å². The molecular formula is C28H28ClN3O6S2. The fourth-order valence-electron chi connectivity index (χ4n) is 4.14. The van der Waals surface area contributed by atoms with Crippen LogP contribution in [0, 0.1) is 0 Å². The molecule has 1 aliphatic heterocycles. The van der Waals surface area contributed by atoms with Gasteiger partial charge in [-0.1, -0.05) is 48.5 Å². The lowest BCUT2D eigenvalue weighted by Crippen LogP contribution is -2.45. The monoisotopic (exact) mass is 601 g/mol. The van der Waals surface area contributed by atoms with Gasteiger partial charge in [0.25, 0.3) is 0 Å². The van der Waals surface area contributed by atoms with E-state index in [2.05, 4.69) is 16.6 Å². The third-order valence-electron chi connectivity index (χ3n) is 5.99. The van der Waals surface area contributed by atoms with Crippen molar-refractivity contribution < 1.29 is 27.5 Å². The first-order valence-electron chi connectivity index (χ1n) is 12.2. The summed E-state index contributed by atoms with van der Waals surface area (Å²) in [5.41, 5.74) is 2.08. The predicted octanol–water partition coefficient (Wildman–Crippen LogP) is 4.97. The Balaban J connectivity index is 1.76. The Labute approximate surface area is 242 Å². The van der Waals surface area contributed by atoms with Gasteiger partial charge in [-0.3, -0.25) is 9.59 Å². The van der Waals surface area contributed by atoms with Crippen LogP contribution < -0.4 is 14.8 Å². The van der Waals surface area contributed by atoms with Crippen molar-refractivity contribution in [2.45, 2.75) is 24.4 Å². The van der Waals surface area contributed by atoms with E-state index in [0.29, 0.717) is 16.9 Å². The summed E-state index contributed by atoms with van der Waals surface area (Å²) in [6, 6.07) is 11.7. The van der Waals surface area contributed by atoms with Crippen molar-refractivity contribution >= 4 is 56.6 Å². The van der Waals surface area contributed by atoms with Gasteiger partial charge in [0.05, 0.1) is 25.3 Å². The Morgan fingerprint density at radius 3 is 2.65 bits per heavy atom. The maximum absolute atomic E-state index is 14.1. The van der Waals surface area contributed by atoms with Crippen LogP contribution in [-0.2, 0) is 30.9 Å². The Morgan fingerprint density at radius 2 is 1.95 bits per heavy atom. The number of allylic oxidation sites excluding steroid dienone is 1. The molecule has 40 heavy (non-hydrogen) atoms. The Bertz CT molecular complexity index is 1550. The number of nitrogens with zero attached hydrogens (tertiary/aromatic N) is 1. The molecule has 0 unspecified atom stereocenters. The first kappa shape index (κ1) is 29.3. The van der Waals surface area contributed by atoms with Crippen molar-refractivity contribution in [3.63, 3.8) is 0 Å². The maximum atomic E-state index is 14.1. The van der Waals surface area contributed by atoms with E-state index in [1.54, 1.807) is 43.3 Å². The predicted molar refractivity (Wildman–Crippen MR) is 156 cm³/mol. The van der Waals surface area contributed by atoms with Crippen LogP contribution in [0.15, 0.2) is 77.2 Å². The van der Waals surface area contributed by atoms with Gasteiger partial charge in [0.1, 0.15) is 23.2 Å². The lowest BCUT2D eigenvalue weighted by molar-refractivity contribution is -0.149. The Kier molecular flexibility index (Phi) is 9.31. The molecule has 4 rings (SSSR count). The average molecular weight is 602 g/mol. The number of hydrogen-bond acceptors (Lipinski definition) is 8. The smallest absolute Gasteiger partial charge is 0.325 e. The summed E-state index contributed by atoms with van der Waals surface area (Å²) in [6.45, 7) is 5.33. The molecule has 0 aliphatic carbocycles. The molecular weight excluding hydrogens is 574 g/mol. The zero-order valence-electron chi connectivity index (χ0n) is 21.8. The van der Waals surface area contributed by atoms with Crippen molar-refractivity contribution in [2.24, 2.45) is 0 Å². The van der Waals surface area contributed by atoms with Crippen LogP contribution >= 0.6 is 22.9 Å². The number of benzene rings is 2. The Hall–Kier alpha value is -3.64. The molecule has 1 atom stereocenters. The normalized spacial score (nSPS) is 13.2. The van der Waals surface area contributed by atoms with Crippen LogP contribution in [0.5, 0.6) is 5.75 Å². The van der Waals surface area contributed by atoms with Crippen LogP contribution in [0.25, 0.3) is 6.08 Å². The van der Waals surface area contributed by atoms with Gasteiger partial charge < -0.3 is 19.7 Å². The third-order valence-corrected chi connectivity index (χ3v) is 8.74. The van der Waals surface area contributed by atoms with Gasteiger partial charge in [-0.25, -0.2) is 8.42 Å². The lowest BCUT2D eigenvalue weighted by Gasteiger charge is -2.28.